The molecule has 3 amide bonds. The first-order chi connectivity index (χ1) is 22.7. The number of thioether (sulfide) groups is 1. The van der Waals surface area contributed by atoms with E-state index in [1.54, 1.807) is 21.5 Å². The number of carbonyl (C=O) groups excluding carboxylic acids is 2. The summed E-state index contributed by atoms with van der Waals surface area (Å²) in [4.78, 5) is 35.6. The van der Waals surface area contributed by atoms with E-state index in [-0.39, 0.29) is 18.5 Å². The lowest BCUT2D eigenvalue weighted by Crippen LogP contribution is -2.56. The Labute approximate surface area is 287 Å². The van der Waals surface area contributed by atoms with Crippen molar-refractivity contribution in [2.45, 2.75) is 59.3 Å². The second-order valence-electron chi connectivity index (χ2n) is 13.0. The molecule has 0 radical (unpaired) electrons. The molecule has 15 heteroatoms. The third-order valence-electron chi connectivity index (χ3n) is 8.15. The Hall–Kier alpha value is -3.95. The van der Waals surface area contributed by atoms with Crippen molar-refractivity contribution in [3.8, 4) is 11.4 Å². The lowest BCUT2D eigenvalue weighted by atomic mass is 9.84. The second kappa shape index (κ2) is 13.9. The highest BCUT2D eigenvalue weighted by Crippen LogP contribution is 2.52. The SMILES string of the molecule is CCCC(=O)Nc1ccc(-c2nc3n(n2)N=C(C(C)(C)C)C32SCCNC(=O)N2c2ccc(N(CC)CCNS(C)(=O)=O)cc2C)cc1. The Balaban J connectivity index is 1.56. The second-order valence-corrected chi connectivity index (χ2v) is 16.1. The Bertz CT molecular complexity index is 1820. The standard InChI is InChI=1S/C33H45N9O4S2/c1-8-10-27(43)36-24-13-11-23(12-14-24)28-37-30-33(29(32(4,5)6)39-42(30)38-28)41(31(44)34-18-20-47-33)26-16-15-25(21-22(26)3)40(9-2)19-17-35-48(7,45)46/h11-16,21,35H,8-10,17-20H2,1-7H3,(H,34,44)(H,36,43). The van der Waals surface area contributed by atoms with Crippen LogP contribution in [0.15, 0.2) is 47.6 Å². The maximum Gasteiger partial charge on any atom is 0.323 e. The summed E-state index contributed by atoms with van der Waals surface area (Å²) in [6.07, 6.45) is 2.37. The van der Waals surface area contributed by atoms with Gasteiger partial charge in [-0.25, -0.2) is 22.9 Å². The first-order valence-electron chi connectivity index (χ1n) is 16.2. The maximum absolute atomic E-state index is 14.1. The predicted octanol–water partition coefficient (Wildman–Crippen LogP) is 4.75. The summed E-state index contributed by atoms with van der Waals surface area (Å²) in [5, 5.41) is 15.8. The Kier molecular flexibility index (Phi) is 10.2. The van der Waals surface area contributed by atoms with Crippen molar-refractivity contribution in [3.63, 3.8) is 0 Å². The lowest BCUT2D eigenvalue weighted by Gasteiger charge is -2.42. The number of aryl methyl sites for hydroxylation is 1. The Morgan fingerprint density at radius 2 is 1.88 bits per heavy atom. The zero-order valence-corrected chi connectivity index (χ0v) is 30.3. The number of benzene rings is 2. The van der Waals surface area contributed by atoms with Crippen molar-refractivity contribution in [3.05, 3.63) is 53.9 Å². The topological polar surface area (TPSA) is 154 Å². The van der Waals surface area contributed by atoms with Gasteiger partial charge >= 0.3 is 6.03 Å². The van der Waals surface area contributed by atoms with Crippen LogP contribution in [0.3, 0.4) is 0 Å². The fourth-order valence-electron chi connectivity index (χ4n) is 5.97. The van der Waals surface area contributed by atoms with Crippen LogP contribution >= 0.6 is 11.8 Å². The van der Waals surface area contributed by atoms with Crippen molar-refractivity contribution >= 4 is 56.5 Å². The van der Waals surface area contributed by atoms with E-state index in [4.69, 9.17) is 15.2 Å². The molecular weight excluding hydrogens is 651 g/mol. The molecule has 2 aliphatic rings. The molecule has 1 aromatic heterocycles. The van der Waals surface area contributed by atoms with Gasteiger partial charge in [0.2, 0.25) is 15.9 Å². The number of aromatic nitrogens is 3. The van der Waals surface area contributed by atoms with Crippen molar-refractivity contribution in [1.82, 2.24) is 24.9 Å². The van der Waals surface area contributed by atoms with Crippen LogP contribution in [0.1, 0.15) is 58.8 Å². The smallest absolute Gasteiger partial charge is 0.323 e. The fourth-order valence-corrected chi connectivity index (χ4v) is 7.98. The summed E-state index contributed by atoms with van der Waals surface area (Å²) < 4.78 is 25.8. The first-order valence-corrected chi connectivity index (χ1v) is 19.1. The average molecular weight is 696 g/mol. The first kappa shape index (κ1) is 35.4. The van der Waals surface area contributed by atoms with Gasteiger partial charge in [0.05, 0.1) is 17.7 Å². The fraction of sp³-hybridized carbons (Fsp3) is 0.485. The van der Waals surface area contributed by atoms with E-state index in [0.29, 0.717) is 54.8 Å². The predicted molar refractivity (Wildman–Crippen MR) is 193 cm³/mol. The number of likely N-dealkylation sites (N-methyl/N-ethyl adjacent to an activating group) is 1. The van der Waals surface area contributed by atoms with Gasteiger partial charge in [-0.15, -0.1) is 21.7 Å². The van der Waals surface area contributed by atoms with Gasteiger partial charge in [-0.2, -0.15) is 5.10 Å². The highest BCUT2D eigenvalue weighted by atomic mass is 32.2. The van der Waals surface area contributed by atoms with Crippen LogP contribution in [-0.2, 0) is 19.7 Å². The zero-order chi connectivity index (χ0) is 34.9. The molecule has 1 unspecified atom stereocenters. The van der Waals surface area contributed by atoms with Gasteiger partial charge in [0.15, 0.2) is 16.5 Å². The van der Waals surface area contributed by atoms with Crippen LogP contribution in [0.2, 0.25) is 0 Å². The number of nitrogens with one attached hydrogen (secondary N) is 3. The van der Waals surface area contributed by atoms with Crippen molar-refractivity contribution < 1.29 is 18.0 Å². The number of nitrogens with zero attached hydrogens (tertiary/aromatic N) is 6. The van der Waals surface area contributed by atoms with Crippen LogP contribution in [0.4, 0.5) is 21.9 Å². The monoisotopic (exact) mass is 695 g/mol. The molecule has 5 rings (SSSR count). The van der Waals surface area contributed by atoms with E-state index in [1.807, 2.05) is 63.2 Å². The Morgan fingerprint density at radius 3 is 2.50 bits per heavy atom. The van der Waals surface area contributed by atoms with Gasteiger partial charge in [-0.1, -0.05) is 27.7 Å². The number of fused-ring (bicyclic) bond motifs is 2. The molecule has 1 saturated heterocycles. The van der Waals surface area contributed by atoms with Crippen molar-refractivity contribution in [2.75, 3.05) is 53.3 Å². The van der Waals surface area contributed by atoms with E-state index >= 15 is 0 Å². The molecule has 3 heterocycles. The van der Waals surface area contributed by atoms with Crippen LogP contribution in [0.5, 0.6) is 0 Å². The summed E-state index contributed by atoms with van der Waals surface area (Å²) in [5.41, 5.74) is 4.26. The van der Waals surface area contributed by atoms with Crippen molar-refractivity contribution in [1.29, 1.82) is 0 Å². The third-order valence-corrected chi connectivity index (χ3v) is 10.3. The molecule has 3 N–H and O–H groups in total. The number of hydrogen-bond acceptors (Lipinski definition) is 9. The zero-order valence-electron chi connectivity index (χ0n) is 28.6. The molecule has 0 aliphatic carbocycles. The summed E-state index contributed by atoms with van der Waals surface area (Å²) in [6, 6.07) is 13.1. The highest BCUT2D eigenvalue weighted by molar-refractivity contribution is 8.01. The minimum atomic E-state index is -3.30. The summed E-state index contributed by atoms with van der Waals surface area (Å²) in [7, 11) is -3.30. The number of urea groups is 1. The van der Waals surface area contributed by atoms with Crippen molar-refractivity contribution in [2.24, 2.45) is 10.5 Å². The largest absolute Gasteiger partial charge is 0.370 e. The van der Waals surface area contributed by atoms with Gasteiger partial charge in [0, 0.05) is 60.7 Å². The lowest BCUT2D eigenvalue weighted by molar-refractivity contribution is -0.116. The molecule has 2 aliphatic heterocycles. The van der Waals surface area contributed by atoms with E-state index in [9.17, 15) is 18.0 Å². The average Bonchev–Trinajstić information content (AvgIpc) is 3.51. The minimum absolute atomic E-state index is 0.0335. The van der Waals surface area contributed by atoms with Gasteiger partial charge < -0.3 is 15.5 Å². The molecule has 1 spiro atoms. The molecule has 0 bridgehead atoms. The molecule has 258 valence electrons. The molecule has 2 aromatic carbocycles. The minimum Gasteiger partial charge on any atom is -0.370 e. The molecule has 3 aromatic rings. The van der Waals surface area contributed by atoms with Gasteiger partial charge in [-0.3, -0.25) is 9.69 Å². The van der Waals surface area contributed by atoms with Crippen LogP contribution in [0, 0.1) is 12.3 Å². The molecule has 13 nitrogen and oxygen atoms in total. The quantitative estimate of drug-likeness (QED) is 0.260. The summed E-state index contributed by atoms with van der Waals surface area (Å²) in [5.74, 6) is 1.59. The van der Waals surface area contributed by atoms with Gasteiger partial charge in [-0.05, 0) is 68.3 Å². The molecule has 1 atom stereocenters. The van der Waals surface area contributed by atoms with Gasteiger partial charge in [0.25, 0.3) is 0 Å². The Morgan fingerprint density at radius 1 is 1.15 bits per heavy atom. The molecule has 1 fully saturated rings. The van der Waals surface area contributed by atoms with E-state index in [1.165, 1.54) is 0 Å². The third kappa shape index (κ3) is 7.22. The normalized spacial score (nSPS) is 17.9. The molecular formula is C33H45N9O4S2. The summed E-state index contributed by atoms with van der Waals surface area (Å²) in [6.45, 7) is 14.1. The van der Waals surface area contributed by atoms with Crippen LogP contribution in [-0.4, -0.2) is 79.1 Å². The van der Waals surface area contributed by atoms with E-state index < -0.39 is 20.3 Å². The maximum atomic E-state index is 14.1. The number of hydrogen-bond donors (Lipinski definition) is 3. The summed E-state index contributed by atoms with van der Waals surface area (Å²) >= 11 is 1.60. The number of amides is 3. The van der Waals surface area contributed by atoms with E-state index in [2.05, 4.69) is 41.0 Å². The number of sulfonamides is 1. The van der Waals surface area contributed by atoms with E-state index in [0.717, 1.165) is 35.2 Å². The number of rotatable bonds is 11. The van der Waals surface area contributed by atoms with Crippen LogP contribution in [0.25, 0.3) is 11.4 Å². The molecule has 48 heavy (non-hydrogen) atoms. The van der Waals surface area contributed by atoms with Crippen LogP contribution < -0.4 is 25.2 Å². The number of carbonyl (C=O) groups is 2. The molecule has 0 saturated carbocycles. The number of anilines is 3. The van der Waals surface area contributed by atoms with Gasteiger partial charge in [0.1, 0.15) is 0 Å². The highest BCUT2D eigenvalue weighted by Gasteiger charge is 2.58.